The molecule has 0 saturated heterocycles. The molecule has 0 saturated carbocycles. The number of amides is 2. The van der Waals surface area contributed by atoms with Crippen molar-refractivity contribution in [2.75, 3.05) is 10.6 Å². The van der Waals surface area contributed by atoms with Gasteiger partial charge in [-0.25, -0.2) is 9.97 Å². The number of carbonyl (C=O) groups is 2. The van der Waals surface area contributed by atoms with Gasteiger partial charge in [-0.1, -0.05) is 6.07 Å². The molecule has 6 nitrogen and oxygen atoms in total. The quantitative estimate of drug-likeness (QED) is 0.906. The minimum atomic E-state index is -4.60. The molecule has 22 heavy (non-hydrogen) atoms. The number of thiazole rings is 1. The fourth-order valence-corrected chi connectivity index (χ4v) is 2.17. The summed E-state index contributed by atoms with van der Waals surface area (Å²) in [6.45, 7) is 1.29. The van der Waals surface area contributed by atoms with Crippen LogP contribution < -0.4 is 10.6 Å². The van der Waals surface area contributed by atoms with Gasteiger partial charge in [0.25, 0.3) is 5.91 Å². The van der Waals surface area contributed by atoms with Crippen LogP contribution in [0.1, 0.15) is 23.1 Å². The molecule has 10 heteroatoms. The molecule has 2 amide bonds. The molecule has 2 aromatic rings. The number of pyridine rings is 1. The molecule has 2 N–H and O–H groups in total. The van der Waals surface area contributed by atoms with Crippen molar-refractivity contribution < 1.29 is 22.8 Å². The SMILES string of the molecule is CC(=O)Nc1nc(C(=O)Nc2cccc(C(F)(F)F)n2)cs1. The zero-order valence-electron chi connectivity index (χ0n) is 11.1. The zero-order valence-corrected chi connectivity index (χ0v) is 11.9. The number of anilines is 2. The first-order valence-corrected chi connectivity index (χ1v) is 6.72. The van der Waals surface area contributed by atoms with Gasteiger partial charge in [-0.15, -0.1) is 11.3 Å². The highest BCUT2D eigenvalue weighted by Gasteiger charge is 2.32. The number of nitrogens with zero attached hydrogens (tertiary/aromatic N) is 2. The summed E-state index contributed by atoms with van der Waals surface area (Å²) >= 11 is 1.02. The van der Waals surface area contributed by atoms with Gasteiger partial charge in [-0.2, -0.15) is 13.2 Å². The van der Waals surface area contributed by atoms with Crippen LogP contribution in [0.3, 0.4) is 0 Å². The average molecular weight is 330 g/mol. The Morgan fingerprint density at radius 1 is 1.18 bits per heavy atom. The van der Waals surface area contributed by atoms with Crippen molar-refractivity contribution in [3.8, 4) is 0 Å². The van der Waals surface area contributed by atoms with E-state index < -0.39 is 17.8 Å². The van der Waals surface area contributed by atoms with E-state index in [0.717, 1.165) is 23.5 Å². The third-order valence-corrected chi connectivity index (χ3v) is 3.06. The summed E-state index contributed by atoms with van der Waals surface area (Å²) in [7, 11) is 0. The third kappa shape index (κ3) is 4.01. The third-order valence-electron chi connectivity index (χ3n) is 2.30. The first-order valence-electron chi connectivity index (χ1n) is 5.84. The van der Waals surface area contributed by atoms with Crippen LogP contribution in [0.15, 0.2) is 23.6 Å². The largest absolute Gasteiger partial charge is 0.433 e. The van der Waals surface area contributed by atoms with E-state index in [1.807, 2.05) is 0 Å². The van der Waals surface area contributed by atoms with E-state index in [2.05, 4.69) is 20.6 Å². The van der Waals surface area contributed by atoms with Gasteiger partial charge in [0.15, 0.2) is 5.13 Å². The second kappa shape index (κ2) is 6.10. The van der Waals surface area contributed by atoms with Crippen molar-refractivity contribution in [1.29, 1.82) is 0 Å². The van der Waals surface area contributed by atoms with Crippen LogP contribution in [-0.2, 0) is 11.0 Å². The van der Waals surface area contributed by atoms with E-state index in [4.69, 9.17) is 0 Å². The molecule has 0 fully saturated rings. The van der Waals surface area contributed by atoms with E-state index in [9.17, 15) is 22.8 Å². The molecule has 0 unspecified atom stereocenters. The number of halogens is 3. The molecule has 0 aromatic carbocycles. The lowest BCUT2D eigenvalue weighted by Gasteiger charge is -2.07. The molecule has 0 aliphatic carbocycles. The van der Waals surface area contributed by atoms with Gasteiger partial charge in [0.05, 0.1) is 0 Å². The Hall–Kier alpha value is -2.49. The van der Waals surface area contributed by atoms with E-state index in [1.54, 1.807) is 0 Å². The van der Waals surface area contributed by atoms with Gasteiger partial charge in [0, 0.05) is 12.3 Å². The summed E-state index contributed by atoms with van der Waals surface area (Å²) in [5.74, 6) is -1.31. The van der Waals surface area contributed by atoms with Crippen molar-refractivity contribution in [3.63, 3.8) is 0 Å². The molecule has 0 bridgehead atoms. The second-order valence-electron chi connectivity index (χ2n) is 4.08. The molecule has 2 heterocycles. The molecular weight excluding hydrogens is 321 g/mol. The molecular formula is C12H9F3N4O2S. The summed E-state index contributed by atoms with van der Waals surface area (Å²) in [6, 6.07) is 3.16. The summed E-state index contributed by atoms with van der Waals surface area (Å²) in [6.07, 6.45) is -4.60. The topological polar surface area (TPSA) is 84.0 Å². The van der Waals surface area contributed by atoms with Gasteiger partial charge in [0.1, 0.15) is 17.2 Å². The van der Waals surface area contributed by atoms with Crippen LogP contribution in [0.4, 0.5) is 24.1 Å². The predicted octanol–water partition coefficient (Wildman–Crippen LogP) is 2.77. The molecule has 0 spiro atoms. The summed E-state index contributed by atoms with van der Waals surface area (Å²) in [5.41, 5.74) is -1.14. The fraction of sp³-hybridized carbons (Fsp3) is 0.167. The Kier molecular flexibility index (Phi) is 4.40. The monoisotopic (exact) mass is 330 g/mol. The highest BCUT2D eigenvalue weighted by Crippen LogP contribution is 2.28. The number of hydrogen-bond donors (Lipinski definition) is 2. The number of nitrogens with one attached hydrogen (secondary N) is 2. The van der Waals surface area contributed by atoms with Crippen molar-refractivity contribution in [2.45, 2.75) is 13.1 Å². The first-order chi connectivity index (χ1) is 10.3. The number of hydrogen-bond acceptors (Lipinski definition) is 5. The lowest BCUT2D eigenvalue weighted by molar-refractivity contribution is -0.141. The van der Waals surface area contributed by atoms with Crippen LogP contribution >= 0.6 is 11.3 Å². The maximum Gasteiger partial charge on any atom is 0.433 e. The van der Waals surface area contributed by atoms with Gasteiger partial charge in [-0.05, 0) is 12.1 Å². The van der Waals surface area contributed by atoms with Crippen molar-refractivity contribution in [1.82, 2.24) is 9.97 Å². The van der Waals surface area contributed by atoms with Crippen LogP contribution in [0.2, 0.25) is 0 Å². The predicted molar refractivity (Wildman–Crippen MR) is 73.6 cm³/mol. The smallest absolute Gasteiger partial charge is 0.305 e. The Morgan fingerprint density at radius 3 is 2.55 bits per heavy atom. The van der Waals surface area contributed by atoms with E-state index in [0.29, 0.717) is 0 Å². The fourth-order valence-electron chi connectivity index (χ4n) is 1.43. The zero-order chi connectivity index (χ0) is 16.3. The molecule has 0 radical (unpaired) electrons. The molecule has 2 rings (SSSR count). The van der Waals surface area contributed by atoms with Crippen molar-refractivity contribution >= 4 is 34.1 Å². The van der Waals surface area contributed by atoms with Crippen LogP contribution in [0.25, 0.3) is 0 Å². The second-order valence-corrected chi connectivity index (χ2v) is 4.94. The van der Waals surface area contributed by atoms with Crippen molar-refractivity contribution in [3.05, 3.63) is 35.0 Å². The van der Waals surface area contributed by atoms with E-state index >= 15 is 0 Å². The van der Waals surface area contributed by atoms with Gasteiger partial charge in [-0.3, -0.25) is 9.59 Å². The van der Waals surface area contributed by atoms with Crippen LogP contribution in [0.5, 0.6) is 0 Å². The van der Waals surface area contributed by atoms with Crippen molar-refractivity contribution in [2.24, 2.45) is 0 Å². The number of carbonyl (C=O) groups excluding carboxylic acids is 2. The number of rotatable bonds is 3. The van der Waals surface area contributed by atoms with Gasteiger partial charge >= 0.3 is 6.18 Å². The first kappa shape index (κ1) is 15.9. The number of alkyl halides is 3. The van der Waals surface area contributed by atoms with E-state index in [-0.39, 0.29) is 22.6 Å². The summed E-state index contributed by atoms with van der Waals surface area (Å²) in [5, 5.41) is 6.20. The van der Waals surface area contributed by atoms with E-state index in [1.165, 1.54) is 18.4 Å². The summed E-state index contributed by atoms with van der Waals surface area (Å²) < 4.78 is 37.6. The van der Waals surface area contributed by atoms with Crippen LogP contribution in [0, 0.1) is 0 Å². The maximum atomic E-state index is 12.5. The lowest BCUT2D eigenvalue weighted by atomic mass is 10.3. The Morgan fingerprint density at radius 2 is 1.91 bits per heavy atom. The van der Waals surface area contributed by atoms with Gasteiger partial charge < -0.3 is 10.6 Å². The highest BCUT2D eigenvalue weighted by molar-refractivity contribution is 7.14. The molecule has 0 atom stereocenters. The normalized spacial score (nSPS) is 11.1. The molecule has 0 aliphatic heterocycles. The Balaban J connectivity index is 2.12. The standard InChI is InChI=1S/C12H9F3N4O2S/c1-6(20)16-11-17-7(5-22-11)10(21)19-9-4-2-3-8(18-9)12(13,14)15/h2-5H,1H3,(H,16,17,20)(H,18,19,21). The highest BCUT2D eigenvalue weighted by atomic mass is 32.1. The number of aromatic nitrogens is 2. The van der Waals surface area contributed by atoms with Gasteiger partial charge in [0.2, 0.25) is 5.91 Å². The maximum absolute atomic E-state index is 12.5. The average Bonchev–Trinajstić information content (AvgIpc) is 2.86. The minimum absolute atomic E-state index is 0.0343. The Bertz CT molecular complexity index is 714. The molecule has 116 valence electrons. The Labute approximate surface area is 126 Å². The lowest BCUT2D eigenvalue weighted by Crippen LogP contribution is -2.16. The molecule has 0 aliphatic rings. The minimum Gasteiger partial charge on any atom is -0.305 e. The van der Waals surface area contributed by atoms with Crippen LogP contribution in [-0.4, -0.2) is 21.8 Å². The molecule has 2 aromatic heterocycles. The summed E-state index contributed by atoms with van der Waals surface area (Å²) in [4.78, 5) is 29.9.